The minimum atomic E-state index is -4.12. The predicted molar refractivity (Wildman–Crippen MR) is 157 cm³/mol. The van der Waals surface area contributed by atoms with E-state index in [1.807, 2.05) is 0 Å². The average molecular weight is 649 g/mol. The smallest absolute Gasteiger partial charge is 0.264 e. The van der Waals surface area contributed by atoms with Crippen molar-refractivity contribution < 1.29 is 21.6 Å². The maximum Gasteiger partial charge on any atom is 0.264 e. The minimum Gasteiger partial charge on any atom is -0.325 e. The van der Waals surface area contributed by atoms with Gasteiger partial charge >= 0.3 is 0 Å². The van der Waals surface area contributed by atoms with Crippen molar-refractivity contribution in [3.8, 4) is 0 Å². The van der Waals surface area contributed by atoms with Crippen LogP contribution in [-0.2, 0) is 24.8 Å². The molecule has 0 saturated carbocycles. The Bertz CT molecular complexity index is 1700. The van der Waals surface area contributed by atoms with Crippen LogP contribution in [0.1, 0.15) is 5.56 Å². The van der Waals surface area contributed by atoms with Crippen molar-refractivity contribution in [2.24, 2.45) is 0 Å². The monoisotopic (exact) mass is 647 g/mol. The second kappa shape index (κ2) is 11.8. The zero-order valence-electron chi connectivity index (χ0n) is 20.5. The van der Waals surface area contributed by atoms with Crippen LogP contribution in [0.4, 0.5) is 17.1 Å². The van der Waals surface area contributed by atoms with Gasteiger partial charge in [0.1, 0.15) is 6.54 Å². The minimum absolute atomic E-state index is 0.00438. The highest BCUT2D eigenvalue weighted by molar-refractivity contribution is 9.10. The molecule has 2 N–H and O–H groups in total. The number of benzene rings is 4. The van der Waals surface area contributed by atoms with E-state index in [1.165, 1.54) is 48.5 Å². The number of amides is 1. The van der Waals surface area contributed by atoms with E-state index in [-0.39, 0.29) is 9.79 Å². The molecule has 0 aromatic heterocycles. The molecule has 4 aromatic carbocycles. The highest BCUT2D eigenvalue weighted by atomic mass is 79.9. The molecule has 0 saturated heterocycles. The van der Waals surface area contributed by atoms with E-state index in [4.69, 9.17) is 11.6 Å². The first-order valence-electron chi connectivity index (χ1n) is 11.5. The largest absolute Gasteiger partial charge is 0.325 e. The Hall–Kier alpha value is -3.38. The van der Waals surface area contributed by atoms with Crippen molar-refractivity contribution in [2.75, 3.05) is 20.9 Å². The maximum absolute atomic E-state index is 13.5. The third-order valence-electron chi connectivity index (χ3n) is 5.62. The first kappa shape index (κ1) is 28.6. The van der Waals surface area contributed by atoms with Crippen molar-refractivity contribution >= 4 is 70.5 Å². The lowest BCUT2D eigenvalue weighted by atomic mass is 10.2. The lowest BCUT2D eigenvalue weighted by Crippen LogP contribution is -2.38. The molecule has 0 heterocycles. The molecule has 0 aliphatic carbocycles. The van der Waals surface area contributed by atoms with Crippen LogP contribution in [0, 0.1) is 6.92 Å². The molecule has 0 radical (unpaired) electrons. The van der Waals surface area contributed by atoms with E-state index >= 15 is 0 Å². The molecule has 0 unspecified atom stereocenters. The number of nitrogens with zero attached hydrogens (tertiary/aromatic N) is 1. The lowest BCUT2D eigenvalue weighted by molar-refractivity contribution is -0.114. The van der Waals surface area contributed by atoms with Gasteiger partial charge < -0.3 is 5.32 Å². The molecule has 8 nitrogen and oxygen atoms in total. The van der Waals surface area contributed by atoms with Gasteiger partial charge in [-0.05, 0) is 91.3 Å². The lowest BCUT2D eigenvalue weighted by Gasteiger charge is -2.25. The van der Waals surface area contributed by atoms with Crippen LogP contribution in [0.25, 0.3) is 0 Å². The summed E-state index contributed by atoms with van der Waals surface area (Å²) in [5.74, 6) is -0.612. The first-order valence-corrected chi connectivity index (χ1v) is 15.6. The number of halogens is 2. The van der Waals surface area contributed by atoms with Crippen molar-refractivity contribution in [1.82, 2.24) is 0 Å². The van der Waals surface area contributed by atoms with Gasteiger partial charge in [-0.2, -0.15) is 0 Å². The van der Waals surface area contributed by atoms with Gasteiger partial charge in [-0.25, -0.2) is 16.8 Å². The highest BCUT2D eigenvalue weighted by Crippen LogP contribution is 2.28. The van der Waals surface area contributed by atoms with E-state index in [9.17, 15) is 21.6 Å². The fraction of sp³-hybridized carbons (Fsp3) is 0.0741. The first-order chi connectivity index (χ1) is 18.5. The topological polar surface area (TPSA) is 113 Å². The summed E-state index contributed by atoms with van der Waals surface area (Å²) in [6, 6.07) is 24.7. The average Bonchev–Trinajstić information content (AvgIpc) is 2.89. The summed E-state index contributed by atoms with van der Waals surface area (Å²) in [5.41, 5.74) is 1.71. The molecule has 0 spiro atoms. The van der Waals surface area contributed by atoms with E-state index < -0.39 is 32.5 Å². The van der Waals surface area contributed by atoms with Crippen LogP contribution in [0.2, 0.25) is 5.02 Å². The maximum atomic E-state index is 13.5. The number of sulfonamides is 2. The number of hydrogen-bond acceptors (Lipinski definition) is 5. The molecule has 0 atom stereocenters. The zero-order chi connectivity index (χ0) is 28.2. The number of hydrogen-bond donors (Lipinski definition) is 2. The number of aryl methyl sites for hydroxylation is 1. The molecule has 0 aliphatic rings. The van der Waals surface area contributed by atoms with Crippen LogP contribution < -0.4 is 14.3 Å². The Kier molecular flexibility index (Phi) is 8.65. The quantitative estimate of drug-likeness (QED) is 0.230. The van der Waals surface area contributed by atoms with Gasteiger partial charge in [0, 0.05) is 20.9 Å². The molecule has 39 heavy (non-hydrogen) atoms. The molecule has 0 bridgehead atoms. The third-order valence-corrected chi connectivity index (χ3v) is 9.57. The van der Waals surface area contributed by atoms with Gasteiger partial charge in [0.25, 0.3) is 20.0 Å². The Morgan fingerprint density at radius 1 is 0.795 bits per heavy atom. The molecule has 0 fully saturated rings. The summed E-state index contributed by atoms with van der Waals surface area (Å²) in [6.07, 6.45) is 0. The molecular formula is C27H23BrClN3O5S2. The fourth-order valence-electron chi connectivity index (χ4n) is 3.66. The Balaban J connectivity index is 1.53. The van der Waals surface area contributed by atoms with Crippen molar-refractivity contribution in [2.45, 2.75) is 16.7 Å². The summed E-state index contributed by atoms with van der Waals surface area (Å²) in [4.78, 5) is 13.0. The summed E-state index contributed by atoms with van der Waals surface area (Å²) >= 11 is 9.23. The normalized spacial score (nSPS) is 11.6. The van der Waals surface area contributed by atoms with Crippen molar-refractivity contribution in [1.29, 1.82) is 0 Å². The Morgan fingerprint density at radius 3 is 1.97 bits per heavy atom. The molecule has 202 valence electrons. The van der Waals surface area contributed by atoms with E-state index in [2.05, 4.69) is 26.0 Å². The predicted octanol–water partition coefficient (Wildman–Crippen LogP) is 6.05. The van der Waals surface area contributed by atoms with Gasteiger partial charge in [-0.3, -0.25) is 13.8 Å². The van der Waals surface area contributed by atoms with E-state index in [1.54, 1.807) is 55.5 Å². The molecule has 0 aliphatic heterocycles. The second-order valence-corrected chi connectivity index (χ2v) is 13.3. The standard InChI is InChI=1S/C27H23BrClN3O5S2/c1-19-4-2-3-5-26(19)32(39(36,37)25-14-8-21(29)9-15-25)18-27(33)30-22-12-16-24(17-13-22)38(34,35)31-23-10-6-20(28)7-11-23/h2-17,31H,18H2,1H3,(H,30,33). The second-order valence-electron chi connectivity index (χ2n) is 8.44. The molecule has 12 heteroatoms. The zero-order valence-corrected chi connectivity index (χ0v) is 24.5. The van der Waals surface area contributed by atoms with Gasteiger partial charge in [0.05, 0.1) is 15.5 Å². The Labute approximate surface area is 240 Å². The van der Waals surface area contributed by atoms with Crippen molar-refractivity contribution in [3.63, 3.8) is 0 Å². The number of para-hydroxylation sites is 1. The molecular weight excluding hydrogens is 626 g/mol. The van der Waals surface area contributed by atoms with Crippen molar-refractivity contribution in [3.05, 3.63) is 112 Å². The van der Waals surface area contributed by atoms with Gasteiger partial charge in [-0.15, -0.1) is 0 Å². The summed E-state index contributed by atoms with van der Waals surface area (Å²) in [6.45, 7) is 1.24. The fourth-order valence-corrected chi connectivity index (χ4v) is 6.59. The SMILES string of the molecule is Cc1ccccc1N(CC(=O)Nc1ccc(S(=O)(=O)Nc2ccc(Br)cc2)cc1)S(=O)(=O)c1ccc(Cl)cc1. The summed E-state index contributed by atoms with van der Waals surface area (Å²) in [5, 5.41) is 3.02. The third kappa shape index (κ3) is 6.99. The number of nitrogens with one attached hydrogen (secondary N) is 2. The van der Waals surface area contributed by atoms with Crippen LogP contribution in [0.15, 0.2) is 111 Å². The molecule has 4 aromatic rings. The van der Waals surface area contributed by atoms with Gasteiger partial charge in [0.15, 0.2) is 0 Å². The van der Waals surface area contributed by atoms with E-state index in [0.717, 1.165) is 8.78 Å². The number of anilines is 3. The highest BCUT2D eigenvalue weighted by Gasteiger charge is 2.28. The van der Waals surface area contributed by atoms with Crippen LogP contribution in [0.3, 0.4) is 0 Å². The number of carbonyl (C=O) groups excluding carboxylic acids is 1. The summed E-state index contributed by atoms with van der Waals surface area (Å²) < 4.78 is 56.9. The van der Waals surface area contributed by atoms with Crippen LogP contribution >= 0.6 is 27.5 Å². The van der Waals surface area contributed by atoms with E-state index in [0.29, 0.717) is 27.6 Å². The van der Waals surface area contributed by atoms with Crippen LogP contribution in [0.5, 0.6) is 0 Å². The molecule has 4 rings (SSSR count). The molecule has 1 amide bonds. The Morgan fingerprint density at radius 2 is 1.36 bits per heavy atom. The van der Waals surface area contributed by atoms with Gasteiger partial charge in [0.2, 0.25) is 5.91 Å². The summed E-state index contributed by atoms with van der Waals surface area (Å²) in [7, 11) is -7.98. The van der Waals surface area contributed by atoms with Crippen LogP contribution in [-0.4, -0.2) is 29.3 Å². The van der Waals surface area contributed by atoms with Gasteiger partial charge in [-0.1, -0.05) is 45.7 Å². The number of carbonyl (C=O) groups is 1. The number of rotatable bonds is 9.